The summed E-state index contributed by atoms with van der Waals surface area (Å²) in [5, 5.41) is 0.112. The normalized spacial score (nSPS) is 15.3. The minimum atomic E-state index is -2.75. The molecule has 144 valence electrons. The molecule has 1 aliphatic heterocycles. The van der Waals surface area contributed by atoms with Crippen molar-refractivity contribution in [3.8, 4) is 11.5 Å². The van der Waals surface area contributed by atoms with E-state index in [0.29, 0.717) is 0 Å². The van der Waals surface area contributed by atoms with Gasteiger partial charge in [-0.3, -0.25) is 9.52 Å². The van der Waals surface area contributed by atoms with E-state index in [1.165, 1.54) is 17.2 Å². The lowest BCUT2D eigenvalue weighted by Gasteiger charge is -2.39. The van der Waals surface area contributed by atoms with Gasteiger partial charge in [-0.15, -0.1) is 0 Å². The highest BCUT2D eigenvalue weighted by molar-refractivity contribution is 7.97. The summed E-state index contributed by atoms with van der Waals surface area (Å²) >= 11 is 13.2. The van der Waals surface area contributed by atoms with Gasteiger partial charge in [0.15, 0.2) is 0 Å². The molecule has 11 heteroatoms. The van der Waals surface area contributed by atoms with Gasteiger partial charge in [0.25, 0.3) is 11.8 Å². The molecule has 1 fully saturated rings. The molecule has 0 unspecified atom stereocenters. The van der Waals surface area contributed by atoms with Crippen molar-refractivity contribution in [1.29, 1.82) is 0 Å². The van der Waals surface area contributed by atoms with Gasteiger partial charge >= 0.3 is 0 Å². The molecule has 0 aliphatic carbocycles. The second-order valence-corrected chi connectivity index (χ2v) is 7.12. The van der Waals surface area contributed by atoms with E-state index in [1.54, 1.807) is 6.26 Å². The molecule has 3 rings (SSSR count). The number of alkyl halides is 2. The number of nitrogens with one attached hydrogen (secondary N) is 1. The maximum absolute atomic E-state index is 14.2. The third-order valence-electron chi connectivity index (χ3n) is 3.63. The number of benzene rings is 1. The lowest BCUT2D eigenvalue weighted by molar-refractivity contribution is -0.0266. The molecule has 0 saturated carbocycles. The van der Waals surface area contributed by atoms with E-state index in [1.807, 2.05) is 0 Å². The largest absolute Gasteiger partial charge is 0.454 e. The number of hydrogen-bond donors (Lipinski definition) is 1. The Morgan fingerprint density at radius 3 is 2.59 bits per heavy atom. The topological polar surface area (TPSA) is 54.5 Å². The maximum Gasteiger partial charge on any atom is 0.282 e. The molecule has 1 aliphatic rings. The van der Waals surface area contributed by atoms with E-state index in [-0.39, 0.29) is 32.9 Å². The number of carbonyl (C=O) groups is 1. The first-order valence-electron chi connectivity index (χ1n) is 7.49. The number of hydrogen-bond acceptors (Lipinski definition) is 5. The molecule has 1 N–H and O–H groups in total. The zero-order valence-corrected chi connectivity index (χ0v) is 16.1. The Hall–Kier alpha value is -1.84. The van der Waals surface area contributed by atoms with Gasteiger partial charge in [-0.1, -0.05) is 35.1 Å². The van der Waals surface area contributed by atoms with E-state index < -0.39 is 30.7 Å². The van der Waals surface area contributed by atoms with Crippen LogP contribution in [0.2, 0.25) is 10.0 Å². The number of rotatable bonds is 5. The summed E-state index contributed by atoms with van der Waals surface area (Å²) in [6, 6.07) is 3.47. The van der Waals surface area contributed by atoms with Crippen LogP contribution in [0.4, 0.5) is 19.0 Å². The second kappa shape index (κ2) is 7.65. The average molecular weight is 438 g/mol. The predicted octanol–water partition coefficient (Wildman–Crippen LogP) is 4.78. The van der Waals surface area contributed by atoms with Gasteiger partial charge < -0.3 is 9.64 Å². The lowest BCUT2D eigenvalue weighted by Crippen LogP contribution is -2.56. The van der Waals surface area contributed by atoms with E-state index in [9.17, 15) is 18.0 Å². The Bertz CT molecular complexity index is 893. The fourth-order valence-corrected chi connectivity index (χ4v) is 3.19. The Balaban J connectivity index is 1.78. The zero-order chi connectivity index (χ0) is 19.8. The highest BCUT2D eigenvalue weighted by Crippen LogP contribution is 2.37. The van der Waals surface area contributed by atoms with Crippen LogP contribution in [0.25, 0.3) is 0 Å². The summed E-state index contributed by atoms with van der Waals surface area (Å²) in [6.07, 6.45) is 2.89. The number of anilines is 1. The molecule has 1 aromatic carbocycles. The van der Waals surface area contributed by atoms with Gasteiger partial charge in [0.2, 0.25) is 0 Å². The van der Waals surface area contributed by atoms with Gasteiger partial charge in [0.1, 0.15) is 23.1 Å². The van der Waals surface area contributed by atoms with Crippen LogP contribution in [0.15, 0.2) is 24.4 Å². The molecule has 2 heterocycles. The molecule has 0 bridgehead atoms. The third kappa shape index (κ3) is 4.36. The van der Waals surface area contributed by atoms with Gasteiger partial charge in [-0.2, -0.15) is 0 Å². The van der Waals surface area contributed by atoms with Crippen molar-refractivity contribution >= 4 is 46.9 Å². The molecule has 5 nitrogen and oxygen atoms in total. The molecule has 0 spiro atoms. The predicted molar refractivity (Wildman–Crippen MR) is 98.9 cm³/mol. The van der Waals surface area contributed by atoms with E-state index in [4.69, 9.17) is 27.9 Å². The third-order valence-corrected chi connectivity index (χ3v) is 4.59. The molecule has 2 aromatic rings. The minimum absolute atomic E-state index is 0.00485. The van der Waals surface area contributed by atoms with Crippen molar-refractivity contribution in [3.05, 3.63) is 45.8 Å². The maximum atomic E-state index is 14.2. The molecule has 0 radical (unpaired) electrons. The first kappa shape index (κ1) is 19.9. The summed E-state index contributed by atoms with van der Waals surface area (Å²) in [6.45, 7) is -0.924. The Kier molecular flexibility index (Phi) is 5.64. The Morgan fingerprint density at radius 2 is 2.00 bits per heavy atom. The van der Waals surface area contributed by atoms with Crippen molar-refractivity contribution in [1.82, 2.24) is 9.71 Å². The van der Waals surface area contributed by atoms with Crippen LogP contribution in [-0.4, -0.2) is 36.2 Å². The van der Waals surface area contributed by atoms with Crippen LogP contribution in [0.1, 0.15) is 10.4 Å². The molecule has 1 amide bonds. The molecule has 1 saturated heterocycles. The second-order valence-electron chi connectivity index (χ2n) is 5.69. The van der Waals surface area contributed by atoms with E-state index in [2.05, 4.69) is 9.71 Å². The fourth-order valence-electron chi connectivity index (χ4n) is 2.42. The quantitative estimate of drug-likeness (QED) is 0.681. The van der Waals surface area contributed by atoms with Gasteiger partial charge in [0, 0.05) is 18.4 Å². The van der Waals surface area contributed by atoms with Crippen LogP contribution in [0, 0.1) is 5.82 Å². The first-order valence-corrected chi connectivity index (χ1v) is 9.47. The number of pyridine rings is 1. The molecule has 0 atom stereocenters. The number of ether oxygens (including phenoxy) is 1. The monoisotopic (exact) mass is 437 g/mol. The fraction of sp³-hybridized carbons (Fsp3) is 0.250. The van der Waals surface area contributed by atoms with Gasteiger partial charge in [0.05, 0.1) is 34.9 Å². The van der Waals surface area contributed by atoms with E-state index in [0.717, 1.165) is 24.1 Å². The summed E-state index contributed by atoms with van der Waals surface area (Å²) in [5.41, 5.74) is -0.230. The summed E-state index contributed by atoms with van der Waals surface area (Å²) < 4.78 is 48.0. The van der Waals surface area contributed by atoms with Gasteiger partial charge in [-0.25, -0.2) is 18.2 Å². The van der Waals surface area contributed by atoms with Crippen LogP contribution in [-0.2, 0) is 0 Å². The Labute approximate surface area is 166 Å². The molecule has 1 aromatic heterocycles. The number of carbonyl (C=O) groups excluding carboxylic acids is 1. The van der Waals surface area contributed by atoms with Gasteiger partial charge in [-0.05, 0) is 6.07 Å². The van der Waals surface area contributed by atoms with Crippen molar-refractivity contribution in [3.63, 3.8) is 0 Å². The van der Waals surface area contributed by atoms with Crippen LogP contribution in [0.5, 0.6) is 11.5 Å². The standard InChI is InChI=1S/C16H12Cl2F3N3O2S/c1-27-23-15(25)9-3-10(17)13(4-12(9)19)26-8-2-11(18)14(22-5-8)24-6-16(20,21)7-24/h2-5H,6-7H2,1H3,(H,23,25). The molecule has 27 heavy (non-hydrogen) atoms. The summed E-state index contributed by atoms with van der Waals surface area (Å²) in [5.74, 6) is -3.91. The first-order chi connectivity index (χ1) is 12.7. The molecular weight excluding hydrogens is 426 g/mol. The number of nitrogens with zero attached hydrogens (tertiary/aromatic N) is 2. The van der Waals surface area contributed by atoms with E-state index >= 15 is 0 Å². The summed E-state index contributed by atoms with van der Waals surface area (Å²) in [7, 11) is 0. The van der Waals surface area contributed by atoms with Crippen LogP contribution < -0.4 is 14.4 Å². The SMILES string of the molecule is CSNC(=O)c1cc(Cl)c(Oc2cnc(N3CC(F)(F)C3)c(Cl)c2)cc1F. The lowest BCUT2D eigenvalue weighted by atomic mass is 10.1. The van der Waals surface area contributed by atoms with Crippen LogP contribution in [0.3, 0.4) is 0 Å². The zero-order valence-electron chi connectivity index (χ0n) is 13.7. The minimum Gasteiger partial charge on any atom is -0.454 e. The number of amides is 1. The molecular formula is C16H12Cl2F3N3O2S. The smallest absolute Gasteiger partial charge is 0.282 e. The highest BCUT2D eigenvalue weighted by atomic mass is 35.5. The van der Waals surface area contributed by atoms with Crippen molar-refractivity contribution in [2.45, 2.75) is 5.92 Å². The highest BCUT2D eigenvalue weighted by Gasteiger charge is 2.45. The van der Waals surface area contributed by atoms with Crippen molar-refractivity contribution in [2.75, 3.05) is 24.2 Å². The average Bonchev–Trinajstić information content (AvgIpc) is 2.56. The van der Waals surface area contributed by atoms with Crippen molar-refractivity contribution in [2.24, 2.45) is 0 Å². The number of aromatic nitrogens is 1. The summed E-state index contributed by atoms with van der Waals surface area (Å²) in [4.78, 5) is 17.1. The Morgan fingerprint density at radius 1 is 1.30 bits per heavy atom. The number of halogens is 5. The van der Waals surface area contributed by atoms with Crippen LogP contribution >= 0.6 is 35.1 Å². The van der Waals surface area contributed by atoms with Crippen molar-refractivity contribution < 1.29 is 22.7 Å².